The lowest BCUT2D eigenvalue weighted by Gasteiger charge is -2.19. The lowest BCUT2D eigenvalue weighted by atomic mass is 10.1. The minimum Gasteiger partial charge on any atom is -0.402 e. The van der Waals surface area contributed by atoms with Crippen molar-refractivity contribution in [3.63, 3.8) is 0 Å². The minimum atomic E-state index is 0.319. The predicted octanol–water partition coefficient (Wildman–Crippen LogP) is 1.38. The highest BCUT2D eigenvalue weighted by molar-refractivity contribution is 5.10. The molecule has 0 aromatic heterocycles. The molecule has 2 nitrogen and oxygen atoms in total. The molecule has 0 aliphatic heterocycles. The van der Waals surface area contributed by atoms with E-state index in [1.807, 2.05) is 0 Å². The molecular formula is C9H18N2. The molecule has 0 atom stereocenters. The number of hydrogen-bond donors (Lipinski definition) is 2. The highest BCUT2D eigenvalue weighted by Gasteiger charge is 2.42. The number of rotatable bonds is 4. The summed E-state index contributed by atoms with van der Waals surface area (Å²) in [6.45, 7) is 8.06. The van der Waals surface area contributed by atoms with Crippen LogP contribution in [0.5, 0.6) is 0 Å². The molecule has 1 saturated carbocycles. The second kappa shape index (κ2) is 2.86. The van der Waals surface area contributed by atoms with Crippen LogP contribution in [0.4, 0.5) is 0 Å². The molecule has 1 fully saturated rings. The van der Waals surface area contributed by atoms with E-state index in [2.05, 4.69) is 25.7 Å². The number of nitrogens with two attached hydrogens (primary N) is 1. The quantitative estimate of drug-likeness (QED) is 0.642. The van der Waals surface area contributed by atoms with E-state index in [1.165, 1.54) is 12.8 Å². The maximum atomic E-state index is 5.56. The van der Waals surface area contributed by atoms with Gasteiger partial charge in [-0.05, 0) is 12.8 Å². The van der Waals surface area contributed by atoms with Gasteiger partial charge in [0.15, 0.2) is 0 Å². The van der Waals surface area contributed by atoms with E-state index in [4.69, 9.17) is 5.73 Å². The third-order valence-corrected chi connectivity index (χ3v) is 2.01. The second-order valence-electron chi connectivity index (χ2n) is 3.91. The van der Waals surface area contributed by atoms with Crippen LogP contribution in [0.2, 0.25) is 0 Å². The Labute approximate surface area is 68.9 Å². The summed E-state index contributed by atoms with van der Waals surface area (Å²) in [4.78, 5) is 0. The molecule has 2 heteroatoms. The lowest BCUT2D eigenvalue weighted by molar-refractivity contribution is 0.443. The van der Waals surface area contributed by atoms with Gasteiger partial charge in [0.1, 0.15) is 0 Å². The normalized spacial score (nSPS) is 20.3. The van der Waals surface area contributed by atoms with Crippen LogP contribution in [-0.2, 0) is 0 Å². The molecule has 64 valence electrons. The van der Waals surface area contributed by atoms with Gasteiger partial charge in [-0.1, -0.05) is 20.4 Å². The van der Waals surface area contributed by atoms with Crippen LogP contribution in [0.25, 0.3) is 0 Å². The van der Waals surface area contributed by atoms with Crippen LogP contribution in [0.1, 0.15) is 33.1 Å². The predicted molar refractivity (Wildman–Crippen MR) is 48.2 cm³/mol. The van der Waals surface area contributed by atoms with Crippen molar-refractivity contribution < 1.29 is 0 Å². The van der Waals surface area contributed by atoms with Gasteiger partial charge in [0.2, 0.25) is 0 Å². The Balaban J connectivity index is 2.35. The Morgan fingerprint density at radius 2 is 2.18 bits per heavy atom. The Morgan fingerprint density at radius 3 is 2.45 bits per heavy atom. The maximum absolute atomic E-state index is 5.56. The summed E-state index contributed by atoms with van der Waals surface area (Å²) in [5.74, 6) is 0. The molecule has 0 bridgehead atoms. The molecule has 0 aromatic rings. The van der Waals surface area contributed by atoms with E-state index in [9.17, 15) is 0 Å². The number of nitrogens with one attached hydrogen (secondary N) is 1. The Bertz CT molecular complexity index is 157. The molecule has 0 amide bonds. The summed E-state index contributed by atoms with van der Waals surface area (Å²) in [6, 6.07) is 0.553. The summed E-state index contributed by atoms with van der Waals surface area (Å²) in [7, 11) is 0. The topological polar surface area (TPSA) is 38.0 Å². The molecule has 1 rings (SSSR count). The Kier molecular flexibility index (Phi) is 2.23. The van der Waals surface area contributed by atoms with Crippen molar-refractivity contribution in [1.82, 2.24) is 5.32 Å². The fourth-order valence-electron chi connectivity index (χ4n) is 1.57. The van der Waals surface area contributed by atoms with E-state index < -0.39 is 0 Å². The molecule has 1 aliphatic rings. The van der Waals surface area contributed by atoms with Crippen molar-refractivity contribution in [2.24, 2.45) is 5.73 Å². The van der Waals surface area contributed by atoms with E-state index >= 15 is 0 Å². The van der Waals surface area contributed by atoms with Crippen LogP contribution < -0.4 is 11.1 Å². The van der Waals surface area contributed by atoms with Gasteiger partial charge in [0.25, 0.3) is 0 Å². The molecule has 0 unspecified atom stereocenters. The van der Waals surface area contributed by atoms with E-state index in [0.29, 0.717) is 11.6 Å². The van der Waals surface area contributed by atoms with E-state index in [0.717, 1.165) is 12.1 Å². The van der Waals surface area contributed by atoms with Crippen molar-refractivity contribution in [1.29, 1.82) is 0 Å². The highest BCUT2D eigenvalue weighted by Crippen LogP contribution is 2.40. The largest absolute Gasteiger partial charge is 0.402 e. The third kappa shape index (κ3) is 2.54. The fraction of sp³-hybridized carbons (Fsp3) is 0.778. The second-order valence-corrected chi connectivity index (χ2v) is 3.91. The van der Waals surface area contributed by atoms with Gasteiger partial charge in [-0.15, -0.1) is 0 Å². The lowest BCUT2D eigenvalue weighted by Crippen LogP contribution is -2.37. The zero-order valence-electron chi connectivity index (χ0n) is 7.48. The maximum Gasteiger partial charge on any atom is 0.0239 e. The summed E-state index contributed by atoms with van der Waals surface area (Å²) in [5.41, 5.74) is 6.68. The van der Waals surface area contributed by atoms with Gasteiger partial charge < -0.3 is 11.1 Å². The van der Waals surface area contributed by atoms with Gasteiger partial charge in [-0.3, -0.25) is 0 Å². The highest BCUT2D eigenvalue weighted by atomic mass is 15.0. The molecule has 1 aliphatic carbocycles. The molecule has 0 aromatic carbocycles. The Hall–Kier alpha value is -0.500. The SMILES string of the molecule is C=C(N)CC1(NC(C)C)CC1. The zero-order chi connectivity index (χ0) is 8.48. The van der Waals surface area contributed by atoms with Crippen molar-refractivity contribution in [3.8, 4) is 0 Å². The minimum absolute atomic E-state index is 0.319. The van der Waals surface area contributed by atoms with Crippen molar-refractivity contribution in [2.75, 3.05) is 0 Å². The van der Waals surface area contributed by atoms with E-state index in [1.54, 1.807) is 0 Å². The smallest absolute Gasteiger partial charge is 0.0239 e. The molecule has 0 heterocycles. The van der Waals surface area contributed by atoms with Crippen molar-refractivity contribution in [2.45, 2.75) is 44.7 Å². The van der Waals surface area contributed by atoms with Gasteiger partial charge in [0, 0.05) is 23.7 Å². The monoisotopic (exact) mass is 154 g/mol. The van der Waals surface area contributed by atoms with Crippen LogP contribution in [0, 0.1) is 0 Å². The van der Waals surface area contributed by atoms with Gasteiger partial charge in [-0.2, -0.15) is 0 Å². The van der Waals surface area contributed by atoms with Crippen LogP contribution >= 0.6 is 0 Å². The molecule has 11 heavy (non-hydrogen) atoms. The van der Waals surface area contributed by atoms with E-state index in [-0.39, 0.29) is 0 Å². The average molecular weight is 154 g/mol. The van der Waals surface area contributed by atoms with Crippen molar-refractivity contribution in [3.05, 3.63) is 12.3 Å². The first-order chi connectivity index (χ1) is 5.04. The zero-order valence-corrected chi connectivity index (χ0v) is 7.48. The summed E-state index contributed by atoms with van der Waals surface area (Å²) in [6.07, 6.45) is 3.44. The first kappa shape index (κ1) is 8.60. The first-order valence-electron chi connectivity index (χ1n) is 4.25. The van der Waals surface area contributed by atoms with Crippen LogP contribution in [-0.4, -0.2) is 11.6 Å². The third-order valence-electron chi connectivity index (χ3n) is 2.01. The fourth-order valence-corrected chi connectivity index (χ4v) is 1.57. The average Bonchev–Trinajstić information content (AvgIpc) is 2.43. The molecule has 0 spiro atoms. The molecular weight excluding hydrogens is 136 g/mol. The first-order valence-corrected chi connectivity index (χ1v) is 4.25. The van der Waals surface area contributed by atoms with Gasteiger partial charge in [-0.25, -0.2) is 0 Å². The van der Waals surface area contributed by atoms with Crippen LogP contribution in [0.15, 0.2) is 12.3 Å². The number of hydrogen-bond acceptors (Lipinski definition) is 2. The summed E-state index contributed by atoms with van der Waals surface area (Å²) >= 11 is 0. The summed E-state index contributed by atoms with van der Waals surface area (Å²) in [5, 5.41) is 3.52. The molecule has 0 saturated heterocycles. The van der Waals surface area contributed by atoms with Gasteiger partial charge in [0.05, 0.1) is 0 Å². The molecule has 0 radical (unpaired) electrons. The Morgan fingerprint density at radius 1 is 1.64 bits per heavy atom. The molecule has 3 N–H and O–H groups in total. The van der Waals surface area contributed by atoms with Crippen molar-refractivity contribution >= 4 is 0 Å². The van der Waals surface area contributed by atoms with Gasteiger partial charge >= 0.3 is 0 Å². The summed E-state index contributed by atoms with van der Waals surface area (Å²) < 4.78 is 0. The standard InChI is InChI=1S/C9H18N2/c1-7(2)11-9(4-5-9)6-8(3)10/h7,11H,3-6,10H2,1-2H3. The van der Waals surface area contributed by atoms with Crippen LogP contribution in [0.3, 0.4) is 0 Å².